The summed E-state index contributed by atoms with van der Waals surface area (Å²) in [6.45, 7) is 0.820. The van der Waals surface area contributed by atoms with Gasteiger partial charge in [0.15, 0.2) is 0 Å². The number of nitrogen functional groups attached to an aromatic ring is 1. The highest BCUT2D eigenvalue weighted by atomic mass is 15.4. The molecular formula is C12H24N8. The first-order valence-electron chi connectivity index (χ1n) is 6.78. The molecule has 1 aliphatic rings. The van der Waals surface area contributed by atoms with Crippen LogP contribution in [0.15, 0.2) is 0 Å². The summed E-state index contributed by atoms with van der Waals surface area (Å²) in [7, 11) is 8.00. The number of anilines is 3. The molecule has 0 saturated heterocycles. The van der Waals surface area contributed by atoms with Gasteiger partial charge in [0.05, 0.1) is 0 Å². The molecule has 1 heterocycles. The molecule has 0 amide bonds. The topological polar surface area (TPSA) is 95.2 Å². The molecule has 4 N–H and O–H groups in total. The van der Waals surface area contributed by atoms with Gasteiger partial charge in [0.2, 0.25) is 17.8 Å². The Kier molecular flexibility index (Phi) is 4.24. The van der Waals surface area contributed by atoms with Crippen molar-refractivity contribution in [2.45, 2.75) is 24.8 Å². The van der Waals surface area contributed by atoms with Crippen LogP contribution in [-0.2, 0) is 0 Å². The zero-order chi connectivity index (χ0) is 14.8. The molecule has 0 aliphatic heterocycles. The lowest BCUT2D eigenvalue weighted by molar-refractivity contribution is 0.0737. The van der Waals surface area contributed by atoms with E-state index in [2.05, 4.69) is 44.7 Å². The summed E-state index contributed by atoms with van der Waals surface area (Å²) >= 11 is 0. The van der Waals surface area contributed by atoms with Crippen molar-refractivity contribution in [2.75, 3.05) is 50.4 Å². The average Bonchev–Trinajstić information content (AvgIpc) is 2.36. The van der Waals surface area contributed by atoms with Crippen LogP contribution < -0.4 is 21.5 Å². The van der Waals surface area contributed by atoms with Gasteiger partial charge in [0.25, 0.3) is 0 Å². The number of hydrogen-bond donors (Lipinski definition) is 3. The summed E-state index contributed by atoms with van der Waals surface area (Å²) in [6.07, 6.45) is 3.66. The van der Waals surface area contributed by atoms with Gasteiger partial charge < -0.3 is 15.1 Å². The van der Waals surface area contributed by atoms with Gasteiger partial charge in [-0.05, 0) is 33.4 Å². The second kappa shape index (κ2) is 5.76. The zero-order valence-electron chi connectivity index (χ0n) is 12.6. The van der Waals surface area contributed by atoms with Crippen LogP contribution >= 0.6 is 0 Å². The summed E-state index contributed by atoms with van der Waals surface area (Å²) in [6, 6.07) is 0. The lowest BCUT2D eigenvalue weighted by atomic mass is 9.75. The number of nitrogens with two attached hydrogens (primary N) is 1. The predicted molar refractivity (Wildman–Crippen MR) is 80.7 cm³/mol. The van der Waals surface area contributed by atoms with Gasteiger partial charge in [-0.1, -0.05) is 0 Å². The number of hydrogen-bond acceptors (Lipinski definition) is 8. The number of nitrogens with one attached hydrogen (secondary N) is 2. The molecule has 0 spiro atoms. The molecule has 0 unspecified atom stereocenters. The van der Waals surface area contributed by atoms with Crippen molar-refractivity contribution in [3.8, 4) is 0 Å². The minimum atomic E-state index is 0.210. The molecule has 0 atom stereocenters. The van der Waals surface area contributed by atoms with Gasteiger partial charge in [-0.3, -0.25) is 5.43 Å². The van der Waals surface area contributed by atoms with Crippen LogP contribution in [0, 0.1) is 0 Å². The van der Waals surface area contributed by atoms with Gasteiger partial charge in [-0.15, -0.1) is 0 Å². The number of hydrazine groups is 1. The van der Waals surface area contributed by atoms with E-state index in [4.69, 9.17) is 5.84 Å². The summed E-state index contributed by atoms with van der Waals surface area (Å²) in [5, 5.41) is 3.31. The van der Waals surface area contributed by atoms with Crippen molar-refractivity contribution in [1.82, 2.24) is 19.9 Å². The molecule has 2 rings (SSSR count). The van der Waals surface area contributed by atoms with E-state index in [1.165, 1.54) is 19.3 Å². The highest BCUT2D eigenvalue weighted by Gasteiger charge is 2.38. The number of aromatic nitrogens is 3. The van der Waals surface area contributed by atoms with Crippen LogP contribution in [0.25, 0.3) is 0 Å². The van der Waals surface area contributed by atoms with Gasteiger partial charge in [0, 0.05) is 26.2 Å². The summed E-state index contributed by atoms with van der Waals surface area (Å²) < 4.78 is 0. The zero-order valence-corrected chi connectivity index (χ0v) is 12.6. The van der Waals surface area contributed by atoms with Crippen molar-refractivity contribution in [1.29, 1.82) is 0 Å². The van der Waals surface area contributed by atoms with E-state index in [-0.39, 0.29) is 5.54 Å². The van der Waals surface area contributed by atoms with E-state index in [1.807, 2.05) is 19.0 Å². The molecule has 8 nitrogen and oxygen atoms in total. The van der Waals surface area contributed by atoms with E-state index >= 15 is 0 Å². The average molecular weight is 280 g/mol. The van der Waals surface area contributed by atoms with Crippen molar-refractivity contribution in [3.63, 3.8) is 0 Å². The van der Waals surface area contributed by atoms with Gasteiger partial charge in [-0.25, -0.2) is 5.84 Å². The maximum atomic E-state index is 5.40. The summed E-state index contributed by atoms with van der Waals surface area (Å²) in [5.74, 6) is 6.88. The molecule has 1 saturated carbocycles. The van der Waals surface area contributed by atoms with Crippen LogP contribution in [0.3, 0.4) is 0 Å². The van der Waals surface area contributed by atoms with E-state index in [0.29, 0.717) is 17.8 Å². The maximum Gasteiger partial charge on any atom is 0.243 e. The van der Waals surface area contributed by atoms with E-state index in [9.17, 15) is 0 Å². The van der Waals surface area contributed by atoms with Crippen molar-refractivity contribution >= 4 is 17.8 Å². The Morgan fingerprint density at radius 2 is 1.75 bits per heavy atom. The molecule has 1 aliphatic carbocycles. The summed E-state index contributed by atoms with van der Waals surface area (Å²) in [4.78, 5) is 16.9. The predicted octanol–water partition coefficient (Wildman–Crippen LogP) is 0.119. The first kappa shape index (κ1) is 14.7. The van der Waals surface area contributed by atoms with Gasteiger partial charge in [0.1, 0.15) is 0 Å². The molecule has 1 fully saturated rings. The van der Waals surface area contributed by atoms with E-state index in [1.54, 1.807) is 0 Å². The van der Waals surface area contributed by atoms with Crippen LogP contribution in [0.5, 0.6) is 0 Å². The Balaban J connectivity index is 2.10. The third kappa shape index (κ3) is 2.91. The first-order chi connectivity index (χ1) is 9.47. The normalized spacial score (nSPS) is 16.7. The smallest absolute Gasteiger partial charge is 0.243 e. The Hall–Kier alpha value is -1.67. The van der Waals surface area contributed by atoms with Gasteiger partial charge >= 0.3 is 0 Å². The standard InChI is InChI=1S/C12H24N8/c1-19(2)11-16-9(15-10(17-11)18-13)14-8-12(20(3)4)6-5-7-12/h5-8,13H2,1-4H3,(H2,14,15,16,17,18). The largest absolute Gasteiger partial charge is 0.352 e. The highest BCUT2D eigenvalue weighted by Crippen LogP contribution is 2.36. The second-order valence-electron chi connectivity index (χ2n) is 5.65. The second-order valence-corrected chi connectivity index (χ2v) is 5.65. The third-order valence-electron chi connectivity index (χ3n) is 3.96. The Labute approximate surface area is 119 Å². The SMILES string of the molecule is CN(C)c1nc(NN)nc(NCC2(N(C)C)CCC2)n1. The van der Waals surface area contributed by atoms with E-state index in [0.717, 1.165) is 6.54 Å². The molecule has 1 aromatic rings. The van der Waals surface area contributed by atoms with Crippen molar-refractivity contribution < 1.29 is 0 Å². The molecule has 112 valence electrons. The maximum absolute atomic E-state index is 5.40. The van der Waals surface area contributed by atoms with Gasteiger partial charge in [-0.2, -0.15) is 15.0 Å². The molecule has 20 heavy (non-hydrogen) atoms. The third-order valence-corrected chi connectivity index (χ3v) is 3.96. The van der Waals surface area contributed by atoms with Crippen LogP contribution in [0.2, 0.25) is 0 Å². The van der Waals surface area contributed by atoms with Crippen molar-refractivity contribution in [3.05, 3.63) is 0 Å². The minimum Gasteiger partial charge on any atom is -0.352 e. The molecule has 8 heteroatoms. The van der Waals surface area contributed by atoms with E-state index < -0.39 is 0 Å². The lowest BCUT2D eigenvalue weighted by Gasteiger charge is -2.47. The number of likely N-dealkylation sites (N-methyl/N-ethyl adjacent to an activating group) is 1. The monoisotopic (exact) mass is 280 g/mol. The molecule has 0 bridgehead atoms. The molecule has 0 radical (unpaired) electrons. The van der Waals surface area contributed by atoms with Crippen LogP contribution in [0.4, 0.5) is 17.8 Å². The van der Waals surface area contributed by atoms with Crippen LogP contribution in [-0.4, -0.2) is 60.1 Å². The Morgan fingerprint density at radius 3 is 2.20 bits per heavy atom. The highest BCUT2D eigenvalue weighted by molar-refractivity contribution is 5.42. The lowest BCUT2D eigenvalue weighted by Crippen LogP contribution is -2.54. The quantitative estimate of drug-likeness (QED) is 0.499. The fourth-order valence-electron chi connectivity index (χ4n) is 2.32. The molecule has 0 aromatic carbocycles. The fourth-order valence-corrected chi connectivity index (χ4v) is 2.32. The fraction of sp³-hybridized carbons (Fsp3) is 0.750. The Morgan fingerprint density at radius 1 is 1.10 bits per heavy atom. The minimum absolute atomic E-state index is 0.210. The summed E-state index contributed by atoms with van der Waals surface area (Å²) in [5.41, 5.74) is 2.68. The number of nitrogens with zero attached hydrogens (tertiary/aromatic N) is 5. The molecule has 1 aromatic heterocycles. The van der Waals surface area contributed by atoms with Crippen LogP contribution in [0.1, 0.15) is 19.3 Å². The molecular weight excluding hydrogens is 256 g/mol. The Bertz CT molecular complexity index is 455. The van der Waals surface area contributed by atoms with Crippen molar-refractivity contribution in [2.24, 2.45) is 5.84 Å². The number of rotatable bonds is 6. The first-order valence-corrected chi connectivity index (χ1v) is 6.78.